The van der Waals surface area contributed by atoms with Gasteiger partial charge in [-0.3, -0.25) is 0 Å². The number of allylic oxidation sites excluding steroid dienone is 4. The molecule has 2 aliphatic carbocycles. The summed E-state index contributed by atoms with van der Waals surface area (Å²) in [6.07, 6.45) is 10.4. The maximum atomic E-state index is 3.69. The van der Waals surface area contributed by atoms with E-state index in [-0.39, 0.29) is 24.8 Å². The molecule has 2 aliphatic rings. The topological polar surface area (TPSA) is 0 Å². The van der Waals surface area contributed by atoms with E-state index < -0.39 is 21.3 Å². The fourth-order valence-electron chi connectivity index (χ4n) is 6.96. The van der Waals surface area contributed by atoms with E-state index in [1.807, 2.05) is 0 Å². The van der Waals surface area contributed by atoms with Gasteiger partial charge in [-0.05, 0) is 0 Å². The quantitative estimate of drug-likeness (QED) is 0.230. The largest absolute Gasteiger partial charge is 1.00 e. The van der Waals surface area contributed by atoms with Crippen molar-refractivity contribution in [2.24, 2.45) is 0 Å². The van der Waals surface area contributed by atoms with Crippen molar-refractivity contribution < 1.29 is 46.1 Å². The van der Waals surface area contributed by atoms with E-state index in [4.69, 9.17) is 0 Å². The molecule has 0 spiro atoms. The molecule has 214 valence electrons. The zero-order valence-electron chi connectivity index (χ0n) is 23.6. The fraction of sp³-hybridized carbons (Fsp3) is 0.0513. The van der Waals surface area contributed by atoms with Gasteiger partial charge in [0, 0.05) is 0 Å². The minimum Gasteiger partial charge on any atom is -1.00 e. The van der Waals surface area contributed by atoms with E-state index >= 15 is 0 Å². The van der Waals surface area contributed by atoms with E-state index in [0.717, 1.165) is 15.4 Å². The molecule has 0 nitrogen and oxygen atoms in total. The van der Waals surface area contributed by atoms with Crippen LogP contribution in [-0.4, -0.2) is 3.21 Å². The molecule has 0 N–H and O–H groups in total. The van der Waals surface area contributed by atoms with Gasteiger partial charge in [0.25, 0.3) is 0 Å². The van der Waals surface area contributed by atoms with Crippen LogP contribution in [-0.2, 0) is 27.7 Å². The average molecular weight is 817 g/mol. The molecule has 0 saturated heterocycles. The Labute approximate surface area is 295 Å². The number of hydrogen-bond donors (Lipinski definition) is 0. The van der Waals surface area contributed by atoms with E-state index in [9.17, 15) is 0 Å². The summed E-state index contributed by atoms with van der Waals surface area (Å²) in [5.74, 6) is 0. The monoisotopic (exact) mass is 812 g/mol. The molecule has 0 aliphatic heterocycles. The van der Waals surface area contributed by atoms with Crippen molar-refractivity contribution in [1.82, 2.24) is 0 Å². The average Bonchev–Trinajstić information content (AvgIpc) is 3.70. The van der Waals surface area contributed by atoms with E-state index in [0.29, 0.717) is 3.63 Å². The molecule has 0 fully saturated rings. The molecule has 5 heteroatoms. The summed E-state index contributed by atoms with van der Waals surface area (Å²) in [7, 11) is 0. The molecule has 0 bridgehead atoms. The van der Waals surface area contributed by atoms with Crippen LogP contribution in [0.3, 0.4) is 0 Å². The van der Waals surface area contributed by atoms with Crippen molar-refractivity contribution in [1.29, 1.82) is 0 Å². The second kappa shape index (κ2) is 13.2. The molecule has 6 aromatic carbocycles. The zero-order chi connectivity index (χ0) is 28.2. The van der Waals surface area contributed by atoms with Gasteiger partial charge in [0.2, 0.25) is 0 Å². The van der Waals surface area contributed by atoms with Gasteiger partial charge in [-0.25, -0.2) is 0 Å². The van der Waals surface area contributed by atoms with Crippen LogP contribution in [0.5, 0.6) is 0 Å². The molecule has 0 heterocycles. The zero-order valence-corrected chi connectivity index (χ0v) is 30.7. The van der Waals surface area contributed by atoms with Crippen molar-refractivity contribution in [3.8, 4) is 11.1 Å². The van der Waals surface area contributed by atoms with Gasteiger partial charge in [-0.1, -0.05) is 0 Å². The third-order valence-electron chi connectivity index (χ3n) is 8.72. The van der Waals surface area contributed by atoms with Crippen LogP contribution in [0.15, 0.2) is 149 Å². The molecular formula is C39H26Br2Cl2Zr. The molecule has 0 unspecified atom stereocenters. The number of rotatable bonds is 4. The third-order valence-corrected chi connectivity index (χ3v) is 17.6. The summed E-state index contributed by atoms with van der Waals surface area (Å²) in [5, 5.41) is 5.62. The van der Waals surface area contributed by atoms with Gasteiger partial charge < -0.3 is 24.8 Å². The summed E-state index contributed by atoms with van der Waals surface area (Å²) >= 11 is 4.65. The van der Waals surface area contributed by atoms with Gasteiger partial charge in [-0.15, -0.1) is 0 Å². The van der Waals surface area contributed by atoms with Crippen LogP contribution in [0, 0.1) is 0 Å². The second-order valence-corrected chi connectivity index (χ2v) is 19.1. The van der Waals surface area contributed by atoms with Crippen LogP contribution in [0.2, 0.25) is 3.63 Å². The minimum absolute atomic E-state index is 0. The number of fused-ring (bicyclic) bond motifs is 8. The summed E-state index contributed by atoms with van der Waals surface area (Å²) in [6, 6.07) is 43.3. The Morgan fingerprint density at radius 3 is 1.82 bits per heavy atom. The molecule has 44 heavy (non-hydrogen) atoms. The normalized spacial score (nSPS) is 12.8. The van der Waals surface area contributed by atoms with Crippen molar-refractivity contribution in [2.45, 2.75) is 10.0 Å². The maximum Gasteiger partial charge on any atom is -1.00 e. The Morgan fingerprint density at radius 1 is 0.591 bits per heavy atom. The molecule has 0 amide bonds. The molecule has 0 radical (unpaired) electrons. The Hall–Kier alpha value is -2.39. The van der Waals surface area contributed by atoms with Gasteiger partial charge >= 0.3 is 273 Å². The van der Waals surface area contributed by atoms with Crippen LogP contribution in [0.1, 0.15) is 22.3 Å². The first-order valence-corrected chi connectivity index (χ1v) is 19.8. The van der Waals surface area contributed by atoms with Crippen molar-refractivity contribution in [3.63, 3.8) is 0 Å². The standard InChI is InChI=1S/C21H13.C13H8Br2.C5H5.2ClH.Zr/c1-2-8-15-14(7-1)13-20-18-11-4-3-9-16(18)17-10-5-6-12-19(17)21(15)20;14-12-5-1-10(2-6-12)9-11-3-7-13(15)8-4-11;1-2-4-5-3-1;;;/h1-10,12H,13H2;1-8H;1-5H;2*1H;/q;;;;;+2/p-2. The first-order chi connectivity index (χ1) is 20.7. The summed E-state index contributed by atoms with van der Waals surface area (Å²) in [6.45, 7) is 0. The Bertz CT molecular complexity index is 2070. The van der Waals surface area contributed by atoms with Gasteiger partial charge in [0.05, 0.1) is 0 Å². The van der Waals surface area contributed by atoms with Crippen LogP contribution in [0.4, 0.5) is 0 Å². The van der Waals surface area contributed by atoms with E-state index in [1.165, 1.54) is 54.9 Å². The predicted octanol–water partition coefficient (Wildman–Crippen LogP) is 4.52. The first-order valence-electron chi connectivity index (χ1n) is 14.3. The summed E-state index contributed by atoms with van der Waals surface area (Å²) < 4.78 is 5.79. The summed E-state index contributed by atoms with van der Waals surface area (Å²) in [5.41, 5.74) is 8.46. The van der Waals surface area contributed by atoms with Gasteiger partial charge in [0.1, 0.15) is 0 Å². The maximum absolute atomic E-state index is 3.69. The molecule has 0 saturated carbocycles. The van der Waals surface area contributed by atoms with Gasteiger partial charge in [-0.2, -0.15) is 0 Å². The molecular weight excluding hydrogens is 790 g/mol. The summed E-state index contributed by atoms with van der Waals surface area (Å²) in [4.78, 5) is 0. The first kappa shape index (κ1) is 31.6. The second-order valence-electron chi connectivity index (χ2n) is 11.1. The number of benzene rings is 6. The molecule has 0 atom stereocenters. The minimum atomic E-state index is -2.73. The Balaban J connectivity index is 0.00000171. The van der Waals surface area contributed by atoms with Crippen LogP contribution < -0.4 is 28.1 Å². The smallest absolute Gasteiger partial charge is 1.00 e. The Kier molecular flexibility index (Phi) is 9.44. The number of halogens is 4. The van der Waals surface area contributed by atoms with Crippen molar-refractivity contribution in [3.05, 3.63) is 171 Å². The van der Waals surface area contributed by atoms with Crippen molar-refractivity contribution >= 4 is 59.9 Å². The van der Waals surface area contributed by atoms with E-state index in [1.54, 1.807) is 6.48 Å². The number of hydrogen-bond acceptors (Lipinski definition) is 0. The van der Waals surface area contributed by atoms with Crippen LogP contribution in [0.25, 0.3) is 32.7 Å². The molecule has 0 aromatic heterocycles. The third kappa shape index (κ3) is 5.40. The SMILES string of the molecule is Brc1ccc([C](c2ccc(Br)cc2)=[Zr+2]([c]2cccc3c2c2c(c4ccccc43)-c3ccccc3C2)[CH]2C=CC=C2)cc1.[Cl-].[Cl-]. The van der Waals surface area contributed by atoms with Crippen molar-refractivity contribution in [2.75, 3.05) is 0 Å². The fourth-order valence-corrected chi connectivity index (χ4v) is 15.7. The Morgan fingerprint density at radius 2 is 1.16 bits per heavy atom. The molecule has 6 aromatic rings. The molecule has 8 rings (SSSR count). The van der Waals surface area contributed by atoms with Crippen LogP contribution >= 0.6 is 31.9 Å². The van der Waals surface area contributed by atoms with E-state index in [2.05, 4.69) is 171 Å². The predicted molar refractivity (Wildman–Crippen MR) is 183 cm³/mol. The van der Waals surface area contributed by atoms with Gasteiger partial charge in [0.15, 0.2) is 0 Å².